The summed E-state index contributed by atoms with van der Waals surface area (Å²) in [5, 5.41) is 10.7. The average molecular weight is 693 g/mol. The molecule has 1 N–H and O–H groups in total. The van der Waals surface area contributed by atoms with E-state index < -0.39 is 73.0 Å². The number of hydrogen-bond donors (Lipinski definition) is 1. The Morgan fingerprint density at radius 1 is 0.520 bits per heavy atom. The molecule has 50 heavy (non-hydrogen) atoms. The van der Waals surface area contributed by atoms with Crippen molar-refractivity contribution in [2.24, 2.45) is 0 Å². The van der Waals surface area contributed by atoms with Gasteiger partial charge in [-0.25, -0.2) is 0 Å². The highest BCUT2D eigenvalue weighted by Gasteiger charge is 2.61. The molecule has 0 aliphatic carbocycles. The van der Waals surface area contributed by atoms with Crippen LogP contribution >= 0.6 is 0 Å². The molecule has 0 spiro atoms. The van der Waals surface area contributed by atoms with Crippen LogP contribution in [0.3, 0.4) is 0 Å². The zero-order valence-corrected chi connectivity index (χ0v) is 29.0. The normalized spacial score (nSPS) is 34.3. The van der Waals surface area contributed by atoms with Gasteiger partial charge in [0.2, 0.25) is 0 Å². The minimum Gasteiger partial charge on any atom is -0.394 e. The van der Waals surface area contributed by atoms with Crippen molar-refractivity contribution < 1.29 is 52.5 Å². The lowest BCUT2D eigenvalue weighted by molar-refractivity contribution is -0.336. The molecule has 11 heteroatoms. The van der Waals surface area contributed by atoms with Gasteiger partial charge in [0.1, 0.15) is 48.8 Å². The highest BCUT2D eigenvalue weighted by Crippen LogP contribution is 2.44. The Morgan fingerprint density at radius 2 is 1.00 bits per heavy atom. The maximum Gasteiger partial charge on any atom is 0.190 e. The zero-order valence-electron chi connectivity index (χ0n) is 29.0. The summed E-state index contributed by atoms with van der Waals surface area (Å²) in [4.78, 5) is 0. The molecular weight excluding hydrogens is 644 g/mol. The fourth-order valence-electron chi connectivity index (χ4n) is 7.04. The van der Waals surface area contributed by atoms with E-state index >= 15 is 0 Å². The molecule has 1 unspecified atom stereocenters. The predicted molar refractivity (Wildman–Crippen MR) is 179 cm³/mol. The molecule has 3 aromatic carbocycles. The fourth-order valence-corrected chi connectivity index (χ4v) is 7.04. The van der Waals surface area contributed by atoms with E-state index in [2.05, 4.69) is 0 Å². The largest absolute Gasteiger partial charge is 0.394 e. The number of rotatable bonds is 13. The van der Waals surface area contributed by atoms with Crippen molar-refractivity contribution in [3.8, 4) is 0 Å². The number of aliphatic hydroxyl groups excluding tert-OH is 1. The van der Waals surface area contributed by atoms with E-state index in [0.717, 1.165) is 16.7 Å². The summed E-state index contributed by atoms with van der Waals surface area (Å²) < 4.78 is 64.2. The number of ether oxygens (including phenoxy) is 10. The number of fused-ring (bicyclic) bond motifs is 3. The van der Waals surface area contributed by atoms with Gasteiger partial charge in [-0.2, -0.15) is 0 Å². The topological polar surface area (TPSA) is 113 Å². The van der Waals surface area contributed by atoms with Gasteiger partial charge in [-0.1, -0.05) is 91.0 Å². The average Bonchev–Trinajstić information content (AvgIpc) is 3.62. The molecule has 270 valence electrons. The van der Waals surface area contributed by atoms with Crippen molar-refractivity contribution >= 4 is 0 Å². The van der Waals surface area contributed by atoms with Gasteiger partial charge in [-0.05, 0) is 44.4 Å². The molecule has 7 rings (SSSR count). The lowest BCUT2D eigenvalue weighted by atomic mass is 9.97. The molecule has 4 fully saturated rings. The molecular formula is C39H48O11. The molecule has 0 aromatic heterocycles. The molecule has 10 atom stereocenters. The Labute approximate surface area is 293 Å². The SMILES string of the molecule is CC1(C)O[C@H]2[C@@H](O1)[C@@H](COC1O[C@H](CO)[C@H](OCc3ccccc3)[C@H](OCc3ccccc3)[C@H]1OCc1ccccc1)O[C@@H]1OC(C)(C)O[C@@H]12. The van der Waals surface area contributed by atoms with Gasteiger partial charge >= 0.3 is 0 Å². The van der Waals surface area contributed by atoms with Crippen LogP contribution in [0.5, 0.6) is 0 Å². The molecule has 11 nitrogen and oxygen atoms in total. The standard InChI is InChI=1S/C39H48O11/c1-38(2)47-31-29(46-37-35(33(31)48-38)49-39(3,4)50-37)24-44-36-34(43-23-27-18-12-7-13-19-27)32(42-22-26-16-10-6-11-17-26)30(28(20-40)45-36)41-21-25-14-8-5-9-15-25/h5-19,28-37,40H,20-24H2,1-4H3/t28-,29-,30+,31+,32+,33+,34-,35-,36?,37-/m1/s1. The molecule has 3 aromatic rings. The second kappa shape index (κ2) is 15.4. The minimum atomic E-state index is -0.958. The lowest BCUT2D eigenvalue weighted by Gasteiger charge is -2.46. The second-order valence-electron chi connectivity index (χ2n) is 14.1. The van der Waals surface area contributed by atoms with Gasteiger partial charge < -0.3 is 52.5 Å². The molecule has 0 radical (unpaired) electrons. The van der Waals surface area contributed by atoms with Crippen LogP contribution < -0.4 is 0 Å². The van der Waals surface area contributed by atoms with Crippen molar-refractivity contribution in [2.75, 3.05) is 13.2 Å². The third kappa shape index (κ3) is 8.30. The van der Waals surface area contributed by atoms with Gasteiger partial charge in [0, 0.05) is 0 Å². The van der Waals surface area contributed by atoms with Crippen molar-refractivity contribution in [1.82, 2.24) is 0 Å². The molecule has 4 aliphatic heterocycles. The maximum absolute atomic E-state index is 10.7. The van der Waals surface area contributed by atoms with E-state index in [9.17, 15) is 5.11 Å². The Morgan fingerprint density at radius 3 is 1.56 bits per heavy atom. The third-order valence-corrected chi connectivity index (χ3v) is 9.30. The van der Waals surface area contributed by atoms with E-state index in [1.807, 2.05) is 119 Å². The van der Waals surface area contributed by atoms with Crippen molar-refractivity contribution in [3.63, 3.8) is 0 Å². The van der Waals surface area contributed by atoms with Crippen molar-refractivity contribution in [2.45, 2.75) is 121 Å². The van der Waals surface area contributed by atoms with Crippen LogP contribution in [0, 0.1) is 0 Å². The first-order valence-electron chi connectivity index (χ1n) is 17.4. The Bertz CT molecular complexity index is 1490. The van der Waals surface area contributed by atoms with E-state index in [1.54, 1.807) is 0 Å². The van der Waals surface area contributed by atoms with Gasteiger partial charge in [0.25, 0.3) is 0 Å². The van der Waals surface area contributed by atoms with Crippen molar-refractivity contribution in [3.05, 3.63) is 108 Å². The molecule has 0 saturated carbocycles. The van der Waals surface area contributed by atoms with E-state index in [4.69, 9.17) is 47.4 Å². The van der Waals surface area contributed by atoms with Crippen LogP contribution in [0.4, 0.5) is 0 Å². The van der Waals surface area contributed by atoms with E-state index in [1.165, 1.54) is 0 Å². The highest BCUT2D eigenvalue weighted by molar-refractivity contribution is 5.16. The Kier molecular flexibility index (Phi) is 11.0. The van der Waals surface area contributed by atoms with Gasteiger partial charge in [-0.15, -0.1) is 0 Å². The number of aliphatic hydroxyl groups is 1. The van der Waals surface area contributed by atoms with E-state index in [0.29, 0.717) is 13.2 Å². The lowest BCUT2D eigenvalue weighted by Crippen LogP contribution is -2.62. The third-order valence-electron chi connectivity index (χ3n) is 9.30. The minimum absolute atomic E-state index is 0.0581. The van der Waals surface area contributed by atoms with Crippen LogP contribution in [0.1, 0.15) is 44.4 Å². The van der Waals surface area contributed by atoms with Gasteiger partial charge in [-0.3, -0.25) is 0 Å². The van der Waals surface area contributed by atoms with Crippen LogP contribution in [0.2, 0.25) is 0 Å². The summed E-state index contributed by atoms with van der Waals surface area (Å²) in [6.45, 7) is 8.02. The Balaban J connectivity index is 1.15. The molecule has 4 heterocycles. The number of hydrogen-bond acceptors (Lipinski definition) is 11. The molecule has 0 bridgehead atoms. The summed E-state index contributed by atoms with van der Waals surface area (Å²) in [6, 6.07) is 29.6. The summed E-state index contributed by atoms with van der Waals surface area (Å²) >= 11 is 0. The zero-order chi connectivity index (χ0) is 34.7. The summed E-state index contributed by atoms with van der Waals surface area (Å²) in [6.07, 6.45) is -6.48. The van der Waals surface area contributed by atoms with Crippen LogP contribution in [0.25, 0.3) is 0 Å². The Hall–Kier alpha value is -2.78. The predicted octanol–water partition coefficient (Wildman–Crippen LogP) is 4.87. The summed E-state index contributed by atoms with van der Waals surface area (Å²) in [5.41, 5.74) is 2.94. The first kappa shape index (κ1) is 35.6. The number of benzene rings is 3. The van der Waals surface area contributed by atoms with Crippen LogP contribution in [0.15, 0.2) is 91.0 Å². The van der Waals surface area contributed by atoms with Gasteiger partial charge in [0.15, 0.2) is 24.2 Å². The monoisotopic (exact) mass is 692 g/mol. The summed E-state index contributed by atoms with van der Waals surface area (Å²) in [5.74, 6) is -1.70. The molecule has 4 saturated heterocycles. The smallest absolute Gasteiger partial charge is 0.190 e. The molecule has 0 amide bonds. The summed E-state index contributed by atoms with van der Waals surface area (Å²) in [7, 11) is 0. The van der Waals surface area contributed by atoms with Crippen molar-refractivity contribution in [1.29, 1.82) is 0 Å². The maximum atomic E-state index is 10.7. The van der Waals surface area contributed by atoms with Crippen LogP contribution in [-0.2, 0) is 67.2 Å². The van der Waals surface area contributed by atoms with Gasteiger partial charge in [0.05, 0.1) is 33.0 Å². The second-order valence-corrected chi connectivity index (χ2v) is 14.1. The first-order valence-corrected chi connectivity index (χ1v) is 17.4. The molecule has 4 aliphatic rings. The quantitative estimate of drug-likeness (QED) is 0.265. The fraction of sp³-hybridized carbons (Fsp3) is 0.538. The highest BCUT2D eigenvalue weighted by atomic mass is 16.9. The van der Waals surface area contributed by atoms with Crippen LogP contribution in [-0.4, -0.2) is 91.3 Å². The first-order chi connectivity index (χ1) is 24.2. The van der Waals surface area contributed by atoms with E-state index in [-0.39, 0.29) is 19.8 Å².